The molecule has 106 valence electrons. The van der Waals surface area contributed by atoms with E-state index in [1.165, 1.54) is 0 Å². The lowest BCUT2D eigenvalue weighted by Crippen LogP contribution is -2.57. The highest BCUT2D eigenvalue weighted by atomic mass is 17.1. The summed E-state index contributed by atoms with van der Waals surface area (Å²) in [4.78, 5) is 3.63. The zero-order chi connectivity index (χ0) is 13.7. The molecule has 1 rings (SSSR count). The Morgan fingerprint density at radius 1 is 1.17 bits per heavy atom. The molecule has 1 aliphatic heterocycles. The molecule has 5 atom stereocenters. The standard InChI is InChI=1S/C9H19BO8/c1-5-7(11)9(13)8(12)6(17-5)4-16-3-2-10(14)18-15/h5-9,11-15H,2-4H2,1H3. The van der Waals surface area contributed by atoms with Crippen molar-refractivity contribution in [1.82, 2.24) is 0 Å². The maximum Gasteiger partial charge on any atom is 0.489 e. The summed E-state index contributed by atoms with van der Waals surface area (Å²) in [6, 6.07) is 0. The van der Waals surface area contributed by atoms with E-state index in [0.717, 1.165) is 0 Å². The Morgan fingerprint density at radius 2 is 1.83 bits per heavy atom. The van der Waals surface area contributed by atoms with Crippen LogP contribution in [-0.2, 0) is 14.3 Å². The second-order valence-corrected chi connectivity index (χ2v) is 4.28. The van der Waals surface area contributed by atoms with E-state index >= 15 is 0 Å². The van der Waals surface area contributed by atoms with Crippen LogP contribution < -0.4 is 0 Å². The van der Waals surface area contributed by atoms with E-state index < -0.39 is 37.6 Å². The number of aliphatic hydroxyl groups excluding tert-OH is 3. The van der Waals surface area contributed by atoms with Crippen molar-refractivity contribution in [2.75, 3.05) is 13.2 Å². The molecule has 0 radical (unpaired) electrons. The summed E-state index contributed by atoms with van der Waals surface area (Å²) in [6.07, 6.45) is -4.97. The Kier molecular flexibility index (Phi) is 6.46. The molecule has 8 nitrogen and oxygen atoms in total. The van der Waals surface area contributed by atoms with Crippen LogP contribution in [0.15, 0.2) is 0 Å². The van der Waals surface area contributed by atoms with Gasteiger partial charge in [-0.1, -0.05) is 0 Å². The van der Waals surface area contributed by atoms with Gasteiger partial charge in [0.1, 0.15) is 24.4 Å². The third-order valence-electron chi connectivity index (χ3n) is 2.86. The zero-order valence-electron chi connectivity index (χ0n) is 10.0. The van der Waals surface area contributed by atoms with Crippen molar-refractivity contribution >= 4 is 7.12 Å². The second kappa shape index (κ2) is 7.36. The van der Waals surface area contributed by atoms with Gasteiger partial charge in [0.25, 0.3) is 0 Å². The fourth-order valence-corrected chi connectivity index (χ4v) is 1.71. The van der Waals surface area contributed by atoms with E-state index in [2.05, 4.69) is 4.81 Å². The van der Waals surface area contributed by atoms with Crippen LogP contribution in [0.25, 0.3) is 0 Å². The zero-order valence-corrected chi connectivity index (χ0v) is 10.0. The quantitative estimate of drug-likeness (QED) is 0.159. The molecule has 5 N–H and O–H groups in total. The molecule has 1 saturated heterocycles. The highest BCUT2D eigenvalue weighted by Crippen LogP contribution is 2.21. The number of hydrogen-bond acceptors (Lipinski definition) is 8. The van der Waals surface area contributed by atoms with Crippen LogP contribution in [0.1, 0.15) is 6.92 Å². The first kappa shape index (κ1) is 15.8. The van der Waals surface area contributed by atoms with Crippen LogP contribution >= 0.6 is 0 Å². The SMILES string of the molecule is CC1OC(COCCB(O)OO)C(O)C(O)C1O. The van der Waals surface area contributed by atoms with Crippen LogP contribution in [-0.4, -0.2) is 76.5 Å². The molecule has 5 unspecified atom stereocenters. The van der Waals surface area contributed by atoms with E-state index in [9.17, 15) is 15.3 Å². The van der Waals surface area contributed by atoms with Gasteiger partial charge in [0.15, 0.2) is 0 Å². The number of rotatable bonds is 6. The van der Waals surface area contributed by atoms with Gasteiger partial charge < -0.3 is 29.8 Å². The van der Waals surface area contributed by atoms with Gasteiger partial charge in [-0.25, -0.2) is 0 Å². The monoisotopic (exact) mass is 266 g/mol. The van der Waals surface area contributed by atoms with Crippen molar-refractivity contribution < 1.29 is 39.9 Å². The Morgan fingerprint density at radius 3 is 2.44 bits per heavy atom. The molecule has 0 saturated carbocycles. The summed E-state index contributed by atoms with van der Waals surface area (Å²) in [7, 11) is -1.33. The fourth-order valence-electron chi connectivity index (χ4n) is 1.71. The van der Waals surface area contributed by atoms with E-state index in [1.807, 2.05) is 0 Å². The number of aliphatic hydroxyl groups is 3. The lowest BCUT2D eigenvalue weighted by Gasteiger charge is -2.39. The molecule has 0 aromatic carbocycles. The lowest BCUT2D eigenvalue weighted by molar-refractivity contribution is -0.227. The molecule has 0 aliphatic carbocycles. The van der Waals surface area contributed by atoms with E-state index in [0.29, 0.717) is 0 Å². The Balaban J connectivity index is 2.29. The first-order chi connectivity index (χ1) is 8.47. The minimum Gasteiger partial charge on any atom is -0.425 e. The third kappa shape index (κ3) is 4.14. The average Bonchev–Trinajstić information content (AvgIpc) is 2.37. The molecule has 0 aromatic heterocycles. The normalized spacial score (nSPS) is 36.7. The number of hydrogen-bond donors (Lipinski definition) is 5. The van der Waals surface area contributed by atoms with Gasteiger partial charge in [-0.3, -0.25) is 10.1 Å². The highest BCUT2D eigenvalue weighted by molar-refractivity contribution is 6.42. The van der Waals surface area contributed by atoms with Gasteiger partial charge in [0.05, 0.1) is 12.7 Å². The van der Waals surface area contributed by atoms with Crippen molar-refractivity contribution in [3.05, 3.63) is 0 Å². The van der Waals surface area contributed by atoms with Crippen molar-refractivity contribution in [2.45, 2.75) is 43.8 Å². The van der Waals surface area contributed by atoms with Gasteiger partial charge in [0.2, 0.25) is 0 Å². The minimum atomic E-state index is -1.33. The molecule has 18 heavy (non-hydrogen) atoms. The first-order valence-corrected chi connectivity index (χ1v) is 5.73. The topological polar surface area (TPSA) is 129 Å². The van der Waals surface area contributed by atoms with Gasteiger partial charge in [-0.15, -0.1) is 0 Å². The minimum absolute atomic E-state index is 0.00651. The molecule has 9 heteroatoms. The molecule has 0 spiro atoms. The second-order valence-electron chi connectivity index (χ2n) is 4.28. The maximum absolute atomic E-state index is 9.65. The van der Waals surface area contributed by atoms with Gasteiger partial charge in [-0.2, -0.15) is 0 Å². The van der Waals surface area contributed by atoms with E-state index in [-0.39, 0.29) is 19.5 Å². The van der Waals surface area contributed by atoms with Gasteiger partial charge >= 0.3 is 7.12 Å². The molecule has 1 fully saturated rings. The molecule has 0 aromatic rings. The van der Waals surface area contributed by atoms with Crippen LogP contribution in [0.3, 0.4) is 0 Å². The van der Waals surface area contributed by atoms with Crippen LogP contribution in [0, 0.1) is 0 Å². The highest BCUT2D eigenvalue weighted by Gasteiger charge is 2.41. The molecule has 1 aliphatic rings. The summed E-state index contributed by atoms with van der Waals surface area (Å²) < 4.78 is 10.4. The lowest BCUT2D eigenvalue weighted by atomic mass is 9.87. The van der Waals surface area contributed by atoms with Crippen LogP contribution in [0.2, 0.25) is 6.32 Å². The summed E-state index contributed by atoms with van der Waals surface area (Å²) in [5.41, 5.74) is 0. The fraction of sp³-hybridized carbons (Fsp3) is 1.00. The Labute approximate surface area is 105 Å². The predicted molar refractivity (Wildman–Crippen MR) is 59.7 cm³/mol. The van der Waals surface area contributed by atoms with Crippen molar-refractivity contribution in [3.63, 3.8) is 0 Å². The summed E-state index contributed by atoms with van der Waals surface area (Å²) in [5.74, 6) is 0. The first-order valence-electron chi connectivity index (χ1n) is 5.73. The predicted octanol–water partition coefficient (Wildman–Crippen LogP) is -2.16. The maximum atomic E-state index is 9.65. The van der Waals surface area contributed by atoms with Crippen molar-refractivity contribution in [3.8, 4) is 0 Å². The largest absolute Gasteiger partial charge is 0.489 e. The van der Waals surface area contributed by atoms with Gasteiger partial charge in [0, 0.05) is 12.9 Å². The molecule has 1 heterocycles. The summed E-state index contributed by atoms with van der Waals surface area (Å²) in [6.45, 7) is 1.66. The molecular weight excluding hydrogens is 247 g/mol. The van der Waals surface area contributed by atoms with E-state index in [1.54, 1.807) is 6.92 Å². The molecule has 0 bridgehead atoms. The summed E-state index contributed by atoms with van der Waals surface area (Å²) in [5, 5.41) is 45.6. The van der Waals surface area contributed by atoms with Crippen LogP contribution in [0.4, 0.5) is 0 Å². The third-order valence-corrected chi connectivity index (χ3v) is 2.86. The number of ether oxygens (including phenoxy) is 2. The Hall–Kier alpha value is -0.255. The smallest absolute Gasteiger partial charge is 0.425 e. The Bertz CT molecular complexity index is 243. The van der Waals surface area contributed by atoms with Gasteiger partial charge in [-0.05, 0) is 6.92 Å². The van der Waals surface area contributed by atoms with Crippen molar-refractivity contribution in [2.24, 2.45) is 0 Å². The van der Waals surface area contributed by atoms with Crippen molar-refractivity contribution in [1.29, 1.82) is 0 Å². The van der Waals surface area contributed by atoms with Crippen LogP contribution in [0.5, 0.6) is 0 Å². The molecular formula is C9H19BO8. The van der Waals surface area contributed by atoms with E-state index in [4.69, 9.17) is 19.8 Å². The molecule has 0 amide bonds. The average molecular weight is 266 g/mol. The summed E-state index contributed by atoms with van der Waals surface area (Å²) >= 11 is 0.